The van der Waals surface area contributed by atoms with Crippen molar-refractivity contribution in [2.45, 2.75) is 24.1 Å². The molecule has 2 atom stereocenters. The van der Waals surface area contributed by atoms with E-state index < -0.39 is 5.91 Å². The molecule has 1 aliphatic rings. The average molecular weight is 324 g/mol. The normalized spacial score (nSPS) is 23.1. The number of benzene rings is 1. The quantitative estimate of drug-likeness (QED) is 0.683. The van der Waals surface area contributed by atoms with Crippen LogP contribution in [0.1, 0.15) is 40.0 Å². The van der Waals surface area contributed by atoms with Gasteiger partial charge >= 0.3 is 0 Å². The SMILES string of the molecule is NC(=O)c1ccccc1C(=O)C1CCC(=O)C(Br)C1. The highest BCUT2D eigenvalue weighted by atomic mass is 79.9. The Hall–Kier alpha value is -1.49. The van der Waals surface area contributed by atoms with Crippen molar-refractivity contribution < 1.29 is 14.4 Å². The molecule has 4 nitrogen and oxygen atoms in total. The van der Waals surface area contributed by atoms with Gasteiger partial charge in [0.05, 0.1) is 4.83 Å². The fraction of sp³-hybridized carbons (Fsp3) is 0.357. The molecule has 0 saturated heterocycles. The van der Waals surface area contributed by atoms with E-state index in [0.717, 1.165) is 0 Å². The Morgan fingerprint density at radius 2 is 1.84 bits per heavy atom. The van der Waals surface area contributed by atoms with E-state index >= 15 is 0 Å². The fourth-order valence-corrected chi connectivity index (χ4v) is 3.02. The number of carbonyl (C=O) groups is 3. The standard InChI is InChI=1S/C14H14BrNO3/c15-11-7-8(5-6-12(11)17)13(18)9-3-1-2-4-10(9)14(16)19/h1-4,8,11H,5-7H2,(H2,16,19). The zero-order chi connectivity index (χ0) is 14.0. The number of halogens is 1. The zero-order valence-electron chi connectivity index (χ0n) is 10.3. The maximum absolute atomic E-state index is 12.4. The second-order valence-corrected chi connectivity index (χ2v) is 5.78. The summed E-state index contributed by atoms with van der Waals surface area (Å²) < 4.78 is 0. The number of Topliss-reactive ketones (excluding diaryl/α,β-unsaturated/α-hetero) is 2. The number of carbonyl (C=O) groups excluding carboxylic acids is 3. The van der Waals surface area contributed by atoms with E-state index in [2.05, 4.69) is 15.9 Å². The van der Waals surface area contributed by atoms with Gasteiger partial charge in [-0.05, 0) is 18.9 Å². The number of primary amides is 1. The molecule has 0 spiro atoms. The first-order chi connectivity index (χ1) is 9.00. The van der Waals surface area contributed by atoms with E-state index in [9.17, 15) is 14.4 Å². The van der Waals surface area contributed by atoms with E-state index in [1.807, 2.05) is 0 Å². The summed E-state index contributed by atoms with van der Waals surface area (Å²) in [5, 5.41) is 0. The molecule has 2 unspecified atom stereocenters. The van der Waals surface area contributed by atoms with Crippen molar-refractivity contribution in [3.05, 3.63) is 35.4 Å². The maximum atomic E-state index is 12.4. The van der Waals surface area contributed by atoms with Crippen LogP contribution < -0.4 is 5.73 Å². The smallest absolute Gasteiger partial charge is 0.249 e. The predicted octanol–water partition coefficient (Wildman–Crippen LogP) is 2.10. The van der Waals surface area contributed by atoms with Crippen molar-refractivity contribution in [3.8, 4) is 0 Å². The lowest BCUT2D eigenvalue weighted by molar-refractivity contribution is -0.119. The van der Waals surface area contributed by atoms with Gasteiger partial charge in [0.2, 0.25) is 5.91 Å². The minimum absolute atomic E-state index is 0.105. The Labute approximate surface area is 119 Å². The van der Waals surface area contributed by atoms with Crippen LogP contribution in [0.2, 0.25) is 0 Å². The topological polar surface area (TPSA) is 77.2 Å². The summed E-state index contributed by atoms with van der Waals surface area (Å²) in [7, 11) is 0. The second kappa shape index (κ2) is 5.65. The summed E-state index contributed by atoms with van der Waals surface area (Å²) in [5.74, 6) is -0.813. The number of rotatable bonds is 3. The number of hydrogen-bond acceptors (Lipinski definition) is 3. The molecule has 1 amide bonds. The van der Waals surface area contributed by atoms with E-state index in [1.54, 1.807) is 24.3 Å². The molecule has 1 aliphatic carbocycles. The zero-order valence-corrected chi connectivity index (χ0v) is 11.9. The van der Waals surface area contributed by atoms with Crippen LogP contribution in [0.25, 0.3) is 0 Å². The Kier molecular flexibility index (Phi) is 4.14. The highest BCUT2D eigenvalue weighted by molar-refractivity contribution is 9.10. The van der Waals surface area contributed by atoms with E-state index in [-0.39, 0.29) is 27.9 Å². The Morgan fingerprint density at radius 1 is 1.21 bits per heavy atom. The predicted molar refractivity (Wildman–Crippen MR) is 74.4 cm³/mol. The van der Waals surface area contributed by atoms with Gasteiger partial charge in [-0.3, -0.25) is 14.4 Å². The lowest BCUT2D eigenvalue weighted by Crippen LogP contribution is -2.30. The van der Waals surface area contributed by atoms with Crippen LogP contribution in [0.3, 0.4) is 0 Å². The van der Waals surface area contributed by atoms with Gasteiger partial charge in [-0.15, -0.1) is 0 Å². The Balaban J connectivity index is 2.25. The summed E-state index contributed by atoms with van der Waals surface area (Å²) in [5.41, 5.74) is 5.88. The first kappa shape index (κ1) is 13.9. The molecule has 2 N–H and O–H groups in total. The monoisotopic (exact) mass is 323 g/mol. The first-order valence-electron chi connectivity index (χ1n) is 6.10. The van der Waals surface area contributed by atoms with Crippen LogP contribution in [-0.2, 0) is 4.79 Å². The maximum Gasteiger partial charge on any atom is 0.249 e. The molecule has 0 aliphatic heterocycles. The van der Waals surface area contributed by atoms with Gasteiger partial charge in [-0.2, -0.15) is 0 Å². The molecule has 1 fully saturated rings. The van der Waals surface area contributed by atoms with E-state index in [0.29, 0.717) is 24.8 Å². The Morgan fingerprint density at radius 3 is 2.42 bits per heavy atom. The molecule has 1 aromatic carbocycles. The minimum atomic E-state index is -0.605. The number of nitrogens with two attached hydrogens (primary N) is 1. The molecule has 0 bridgehead atoms. The highest BCUT2D eigenvalue weighted by Gasteiger charge is 2.32. The molecule has 5 heteroatoms. The largest absolute Gasteiger partial charge is 0.366 e. The van der Waals surface area contributed by atoms with Crippen LogP contribution in [-0.4, -0.2) is 22.3 Å². The van der Waals surface area contributed by atoms with Gasteiger partial charge in [0.1, 0.15) is 5.78 Å². The molecule has 0 aromatic heterocycles. The van der Waals surface area contributed by atoms with Gasteiger partial charge in [0.25, 0.3) is 0 Å². The molecular formula is C14H14BrNO3. The van der Waals surface area contributed by atoms with E-state index in [1.165, 1.54) is 0 Å². The van der Waals surface area contributed by atoms with Gasteiger partial charge < -0.3 is 5.73 Å². The molecular weight excluding hydrogens is 310 g/mol. The molecule has 19 heavy (non-hydrogen) atoms. The highest BCUT2D eigenvalue weighted by Crippen LogP contribution is 2.30. The lowest BCUT2D eigenvalue weighted by Gasteiger charge is -2.24. The second-order valence-electron chi connectivity index (χ2n) is 4.68. The van der Waals surface area contributed by atoms with Gasteiger partial charge in [0.15, 0.2) is 5.78 Å². The Bertz CT molecular complexity index is 541. The van der Waals surface area contributed by atoms with Crippen LogP contribution in [0.4, 0.5) is 0 Å². The fourth-order valence-electron chi connectivity index (χ4n) is 2.34. The van der Waals surface area contributed by atoms with Crippen LogP contribution in [0.5, 0.6) is 0 Å². The molecule has 2 rings (SSSR count). The van der Waals surface area contributed by atoms with Crippen molar-refractivity contribution in [1.29, 1.82) is 0 Å². The van der Waals surface area contributed by atoms with Crippen molar-refractivity contribution in [3.63, 3.8) is 0 Å². The number of hydrogen-bond donors (Lipinski definition) is 1. The van der Waals surface area contributed by atoms with Crippen molar-refractivity contribution in [2.24, 2.45) is 11.7 Å². The van der Waals surface area contributed by atoms with Crippen LogP contribution in [0, 0.1) is 5.92 Å². The molecule has 1 saturated carbocycles. The van der Waals surface area contributed by atoms with Gasteiger partial charge in [-0.1, -0.05) is 34.1 Å². The van der Waals surface area contributed by atoms with Crippen molar-refractivity contribution in [2.75, 3.05) is 0 Å². The number of alkyl halides is 1. The number of amides is 1. The lowest BCUT2D eigenvalue weighted by atomic mass is 9.82. The number of ketones is 2. The third-order valence-electron chi connectivity index (χ3n) is 3.41. The van der Waals surface area contributed by atoms with Gasteiger partial charge in [0, 0.05) is 23.5 Å². The summed E-state index contributed by atoms with van der Waals surface area (Å²) in [6.07, 6.45) is 1.41. The van der Waals surface area contributed by atoms with Crippen molar-refractivity contribution >= 4 is 33.4 Å². The summed E-state index contributed by atoms with van der Waals surface area (Å²) >= 11 is 3.29. The summed E-state index contributed by atoms with van der Waals surface area (Å²) in [6.45, 7) is 0. The third kappa shape index (κ3) is 2.92. The van der Waals surface area contributed by atoms with E-state index in [4.69, 9.17) is 5.73 Å². The molecule has 0 radical (unpaired) electrons. The third-order valence-corrected chi connectivity index (χ3v) is 4.29. The van der Waals surface area contributed by atoms with Gasteiger partial charge in [-0.25, -0.2) is 0 Å². The molecule has 1 aromatic rings. The van der Waals surface area contributed by atoms with Crippen molar-refractivity contribution in [1.82, 2.24) is 0 Å². The molecule has 0 heterocycles. The summed E-state index contributed by atoms with van der Waals surface area (Å²) in [4.78, 5) is 34.9. The molecule has 100 valence electrons. The average Bonchev–Trinajstić information content (AvgIpc) is 2.41. The summed E-state index contributed by atoms with van der Waals surface area (Å²) in [6, 6.07) is 6.55. The van der Waals surface area contributed by atoms with Crippen LogP contribution in [0.15, 0.2) is 24.3 Å². The minimum Gasteiger partial charge on any atom is -0.366 e. The first-order valence-corrected chi connectivity index (χ1v) is 7.02. The van der Waals surface area contributed by atoms with Crippen LogP contribution >= 0.6 is 15.9 Å².